The van der Waals surface area contributed by atoms with E-state index in [9.17, 15) is 4.79 Å². The zero-order chi connectivity index (χ0) is 12.1. The Hall–Kier alpha value is -1.35. The SMILES string of the molecule is NC1CCC(C(=O)NCCc2ccccc2)C1. The molecule has 3 heteroatoms. The summed E-state index contributed by atoms with van der Waals surface area (Å²) in [4.78, 5) is 11.8. The summed E-state index contributed by atoms with van der Waals surface area (Å²) < 4.78 is 0. The molecule has 1 aliphatic rings. The average molecular weight is 232 g/mol. The highest BCUT2D eigenvalue weighted by molar-refractivity contribution is 5.79. The highest BCUT2D eigenvalue weighted by atomic mass is 16.1. The molecule has 3 nitrogen and oxygen atoms in total. The predicted molar refractivity (Wildman–Crippen MR) is 68.5 cm³/mol. The summed E-state index contributed by atoms with van der Waals surface area (Å²) in [5.74, 6) is 0.314. The van der Waals surface area contributed by atoms with Crippen LogP contribution >= 0.6 is 0 Å². The van der Waals surface area contributed by atoms with Gasteiger partial charge in [0, 0.05) is 18.5 Å². The van der Waals surface area contributed by atoms with Crippen molar-refractivity contribution in [1.29, 1.82) is 0 Å². The van der Waals surface area contributed by atoms with Gasteiger partial charge in [0.25, 0.3) is 0 Å². The number of rotatable bonds is 4. The molecule has 0 bridgehead atoms. The Morgan fingerprint density at radius 3 is 2.71 bits per heavy atom. The number of nitrogens with two attached hydrogens (primary N) is 1. The second-order valence-corrected chi connectivity index (χ2v) is 4.80. The molecule has 2 rings (SSSR count). The predicted octanol–water partition coefficient (Wildman–Crippen LogP) is 1.47. The quantitative estimate of drug-likeness (QED) is 0.826. The molecule has 2 atom stereocenters. The van der Waals surface area contributed by atoms with Crippen LogP contribution in [0.25, 0.3) is 0 Å². The van der Waals surface area contributed by atoms with Gasteiger partial charge in [-0.05, 0) is 31.2 Å². The summed E-state index contributed by atoms with van der Waals surface area (Å²) in [6.07, 6.45) is 3.66. The van der Waals surface area contributed by atoms with Crippen LogP contribution in [-0.2, 0) is 11.2 Å². The van der Waals surface area contributed by atoms with E-state index in [-0.39, 0.29) is 17.9 Å². The van der Waals surface area contributed by atoms with Crippen LogP contribution in [0.15, 0.2) is 30.3 Å². The van der Waals surface area contributed by atoms with Crippen molar-refractivity contribution < 1.29 is 4.79 Å². The first-order chi connectivity index (χ1) is 8.25. The van der Waals surface area contributed by atoms with Crippen molar-refractivity contribution in [3.8, 4) is 0 Å². The van der Waals surface area contributed by atoms with Crippen molar-refractivity contribution in [1.82, 2.24) is 5.32 Å². The smallest absolute Gasteiger partial charge is 0.223 e. The van der Waals surface area contributed by atoms with Crippen molar-refractivity contribution in [2.24, 2.45) is 11.7 Å². The van der Waals surface area contributed by atoms with Gasteiger partial charge in [0.05, 0.1) is 0 Å². The van der Waals surface area contributed by atoms with Crippen LogP contribution < -0.4 is 11.1 Å². The summed E-state index contributed by atoms with van der Waals surface area (Å²) in [5.41, 5.74) is 7.06. The molecule has 2 unspecified atom stereocenters. The first kappa shape index (κ1) is 12.1. The Morgan fingerprint density at radius 1 is 1.29 bits per heavy atom. The van der Waals surface area contributed by atoms with Gasteiger partial charge < -0.3 is 11.1 Å². The van der Waals surface area contributed by atoms with Crippen LogP contribution in [0.2, 0.25) is 0 Å². The lowest BCUT2D eigenvalue weighted by atomic mass is 10.1. The molecule has 1 aliphatic carbocycles. The third kappa shape index (κ3) is 3.56. The van der Waals surface area contributed by atoms with Crippen LogP contribution in [0.4, 0.5) is 0 Å². The maximum absolute atomic E-state index is 11.8. The minimum atomic E-state index is 0.140. The van der Waals surface area contributed by atoms with Crippen LogP contribution in [0.3, 0.4) is 0 Å². The van der Waals surface area contributed by atoms with Gasteiger partial charge in [-0.3, -0.25) is 4.79 Å². The summed E-state index contributed by atoms with van der Waals surface area (Å²) in [7, 11) is 0. The number of carbonyl (C=O) groups excluding carboxylic acids is 1. The molecular weight excluding hydrogens is 212 g/mol. The highest BCUT2D eigenvalue weighted by Gasteiger charge is 2.27. The Morgan fingerprint density at radius 2 is 2.06 bits per heavy atom. The van der Waals surface area contributed by atoms with E-state index in [1.165, 1.54) is 5.56 Å². The van der Waals surface area contributed by atoms with E-state index >= 15 is 0 Å². The molecule has 0 heterocycles. The largest absolute Gasteiger partial charge is 0.356 e. The minimum absolute atomic E-state index is 0.140. The van der Waals surface area contributed by atoms with Gasteiger partial charge in [0.15, 0.2) is 0 Å². The molecule has 1 saturated carbocycles. The van der Waals surface area contributed by atoms with E-state index in [0.29, 0.717) is 6.54 Å². The zero-order valence-electron chi connectivity index (χ0n) is 10.1. The van der Waals surface area contributed by atoms with Gasteiger partial charge >= 0.3 is 0 Å². The number of amides is 1. The van der Waals surface area contributed by atoms with E-state index < -0.39 is 0 Å². The highest BCUT2D eigenvalue weighted by Crippen LogP contribution is 2.23. The van der Waals surface area contributed by atoms with E-state index in [1.807, 2.05) is 18.2 Å². The molecule has 3 N–H and O–H groups in total. The van der Waals surface area contributed by atoms with Gasteiger partial charge in [0.1, 0.15) is 0 Å². The lowest BCUT2D eigenvalue weighted by Gasteiger charge is -2.10. The Labute approximate surface area is 102 Å². The van der Waals surface area contributed by atoms with E-state index in [4.69, 9.17) is 5.73 Å². The molecule has 92 valence electrons. The average Bonchev–Trinajstić information content (AvgIpc) is 2.77. The summed E-state index contributed by atoms with van der Waals surface area (Å²) in [6.45, 7) is 0.717. The van der Waals surface area contributed by atoms with Gasteiger partial charge in [0.2, 0.25) is 5.91 Å². The number of hydrogen-bond donors (Lipinski definition) is 2. The van der Waals surface area contributed by atoms with Crippen molar-refractivity contribution >= 4 is 5.91 Å². The normalized spacial score (nSPS) is 23.6. The van der Waals surface area contributed by atoms with Crippen LogP contribution in [0.1, 0.15) is 24.8 Å². The standard InChI is InChI=1S/C14H20N2O/c15-13-7-6-12(10-13)14(17)16-9-8-11-4-2-1-3-5-11/h1-5,12-13H,6-10,15H2,(H,16,17). The zero-order valence-corrected chi connectivity index (χ0v) is 10.1. The molecule has 0 saturated heterocycles. The first-order valence-electron chi connectivity index (χ1n) is 6.33. The van der Waals surface area contributed by atoms with E-state index in [1.54, 1.807) is 0 Å². The third-order valence-electron chi connectivity index (χ3n) is 3.40. The number of carbonyl (C=O) groups is 1. The maximum Gasteiger partial charge on any atom is 0.223 e. The fraction of sp³-hybridized carbons (Fsp3) is 0.500. The topological polar surface area (TPSA) is 55.1 Å². The lowest BCUT2D eigenvalue weighted by molar-refractivity contribution is -0.124. The lowest BCUT2D eigenvalue weighted by Crippen LogP contribution is -2.31. The molecular formula is C14H20N2O. The summed E-state index contributed by atoms with van der Waals surface area (Å²) in [5, 5.41) is 3.00. The molecule has 17 heavy (non-hydrogen) atoms. The van der Waals surface area contributed by atoms with Crippen LogP contribution in [0.5, 0.6) is 0 Å². The summed E-state index contributed by atoms with van der Waals surface area (Å²) in [6, 6.07) is 10.4. The Balaban J connectivity index is 1.70. The number of nitrogens with one attached hydrogen (secondary N) is 1. The fourth-order valence-corrected chi connectivity index (χ4v) is 2.37. The first-order valence-corrected chi connectivity index (χ1v) is 6.33. The second kappa shape index (κ2) is 5.82. The van der Waals surface area contributed by atoms with Gasteiger partial charge in [-0.1, -0.05) is 30.3 Å². The van der Waals surface area contributed by atoms with E-state index in [0.717, 1.165) is 25.7 Å². The van der Waals surface area contributed by atoms with E-state index in [2.05, 4.69) is 17.4 Å². The molecule has 1 aromatic carbocycles. The monoisotopic (exact) mass is 232 g/mol. The van der Waals surface area contributed by atoms with Gasteiger partial charge in [-0.15, -0.1) is 0 Å². The maximum atomic E-state index is 11.8. The molecule has 0 aliphatic heterocycles. The van der Waals surface area contributed by atoms with Crippen LogP contribution in [-0.4, -0.2) is 18.5 Å². The number of benzene rings is 1. The molecule has 1 aromatic rings. The fourth-order valence-electron chi connectivity index (χ4n) is 2.37. The Kier molecular flexibility index (Phi) is 4.15. The Bertz CT molecular complexity index is 364. The molecule has 0 spiro atoms. The molecule has 1 fully saturated rings. The summed E-state index contributed by atoms with van der Waals surface area (Å²) >= 11 is 0. The van der Waals surface area contributed by atoms with Crippen LogP contribution in [0, 0.1) is 5.92 Å². The number of hydrogen-bond acceptors (Lipinski definition) is 2. The minimum Gasteiger partial charge on any atom is -0.356 e. The van der Waals surface area contributed by atoms with Crippen molar-refractivity contribution in [2.75, 3.05) is 6.54 Å². The van der Waals surface area contributed by atoms with Crippen molar-refractivity contribution in [3.05, 3.63) is 35.9 Å². The second-order valence-electron chi connectivity index (χ2n) is 4.80. The van der Waals surface area contributed by atoms with Gasteiger partial charge in [-0.25, -0.2) is 0 Å². The molecule has 0 radical (unpaired) electrons. The third-order valence-corrected chi connectivity index (χ3v) is 3.40. The van der Waals surface area contributed by atoms with Crippen molar-refractivity contribution in [3.63, 3.8) is 0 Å². The van der Waals surface area contributed by atoms with Gasteiger partial charge in [-0.2, -0.15) is 0 Å². The van der Waals surface area contributed by atoms with Crippen molar-refractivity contribution in [2.45, 2.75) is 31.7 Å². The molecule has 1 amide bonds. The molecule has 0 aromatic heterocycles.